The number of benzene rings is 1. The smallest absolute Gasteiger partial charge is 0.188 e. The molecule has 0 aliphatic heterocycles. The maximum absolute atomic E-state index is 6.02. The molecule has 19 heavy (non-hydrogen) atoms. The van der Waals surface area contributed by atoms with E-state index in [1.54, 1.807) is 17.5 Å². The van der Waals surface area contributed by atoms with Gasteiger partial charge in [0.2, 0.25) is 0 Å². The first-order valence-corrected chi connectivity index (χ1v) is 6.97. The van der Waals surface area contributed by atoms with Crippen molar-refractivity contribution in [3.8, 4) is 5.69 Å². The van der Waals surface area contributed by atoms with Crippen LogP contribution in [0.5, 0.6) is 0 Å². The average molecular weight is 291 g/mol. The van der Waals surface area contributed by atoms with Gasteiger partial charge in [0.05, 0.1) is 11.4 Å². The van der Waals surface area contributed by atoms with E-state index in [0.717, 1.165) is 22.3 Å². The first-order chi connectivity index (χ1) is 9.22. The molecular weight excluding hydrogens is 280 g/mol. The van der Waals surface area contributed by atoms with Crippen molar-refractivity contribution < 1.29 is 0 Å². The van der Waals surface area contributed by atoms with Gasteiger partial charge in [0, 0.05) is 22.7 Å². The molecule has 0 bridgehead atoms. The summed E-state index contributed by atoms with van der Waals surface area (Å²) in [7, 11) is 0. The number of hydrogen-bond donors (Lipinski definition) is 1. The Morgan fingerprint density at radius 3 is 2.95 bits per heavy atom. The maximum atomic E-state index is 6.02. The molecule has 0 fully saturated rings. The Labute approximate surface area is 119 Å². The van der Waals surface area contributed by atoms with E-state index in [1.807, 2.05) is 47.3 Å². The van der Waals surface area contributed by atoms with Crippen LogP contribution in [0, 0.1) is 6.92 Å². The highest BCUT2D eigenvalue weighted by Gasteiger charge is 2.09. The second kappa shape index (κ2) is 5.03. The Hall–Kier alpha value is -1.85. The van der Waals surface area contributed by atoms with Gasteiger partial charge in [-0.1, -0.05) is 17.7 Å². The van der Waals surface area contributed by atoms with E-state index in [-0.39, 0.29) is 0 Å². The summed E-state index contributed by atoms with van der Waals surface area (Å²) in [6.07, 6.45) is 1.76. The van der Waals surface area contributed by atoms with Crippen molar-refractivity contribution in [2.45, 2.75) is 6.92 Å². The summed E-state index contributed by atoms with van der Waals surface area (Å²) in [5, 5.41) is 11.2. The third kappa shape index (κ3) is 2.62. The first kappa shape index (κ1) is 12.2. The van der Waals surface area contributed by atoms with Crippen molar-refractivity contribution in [3.05, 3.63) is 52.6 Å². The summed E-state index contributed by atoms with van der Waals surface area (Å²) < 4.78 is 1.82. The van der Waals surface area contributed by atoms with E-state index in [9.17, 15) is 0 Å². The van der Waals surface area contributed by atoms with E-state index >= 15 is 0 Å². The normalized spacial score (nSPS) is 10.6. The molecule has 96 valence electrons. The van der Waals surface area contributed by atoms with Crippen LogP contribution in [0.1, 0.15) is 5.69 Å². The average Bonchev–Trinajstić information content (AvgIpc) is 3.00. The van der Waals surface area contributed by atoms with Crippen molar-refractivity contribution in [2.75, 3.05) is 5.32 Å². The van der Waals surface area contributed by atoms with E-state index in [0.29, 0.717) is 5.02 Å². The van der Waals surface area contributed by atoms with Crippen LogP contribution >= 0.6 is 22.9 Å². The second-order valence-electron chi connectivity index (χ2n) is 4.02. The number of halogens is 1. The molecule has 6 heteroatoms. The predicted octanol–water partition coefficient (Wildman–Crippen LogP) is 4.03. The van der Waals surface area contributed by atoms with Gasteiger partial charge in [-0.2, -0.15) is 5.10 Å². The molecule has 4 nitrogen and oxygen atoms in total. The standard InChI is InChI=1S/C13H11ClN4S/c1-9-7-12(16-13-15-5-6-19-13)18(17-9)11-4-2-3-10(14)8-11/h2-8H,1H3,(H,15,16). The van der Waals surface area contributed by atoms with Crippen LogP contribution in [0.15, 0.2) is 41.9 Å². The number of anilines is 2. The summed E-state index contributed by atoms with van der Waals surface area (Å²) in [6, 6.07) is 9.56. The molecule has 1 aromatic carbocycles. The van der Waals surface area contributed by atoms with Gasteiger partial charge >= 0.3 is 0 Å². The molecule has 0 radical (unpaired) electrons. The SMILES string of the molecule is Cc1cc(Nc2nccs2)n(-c2cccc(Cl)c2)n1. The molecular formula is C13H11ClN4S. The van der Waals surface area contributed by atoms with E-state index in [1.165, 1.54) is 0 Å². The molecule has 0 aliphatic carbocycles. The minimum Gasteiger partial charge on any atom is -0.316 e. The summed E-state index contributed by atoms with van der Waals surface area (Å²) in [5.41, 5.74) is 1.85. The Morgan fingerprint density at radius 2 is 2.21 bits per heavy atom. The van der Waals surface area contributed by atoms with Gasteiger partial charge in [-0.25, -0.2) is 9.67 Å². The zero-order valence-electron chi connectivity index (χ0n) is 10.2. The van der Waals surface area contributed by atoms with Crippen molar-refractivity contribution in [2.24, 2.45) is 0 Å². The highest BCUT2D eigenvalue weighted by atomic mass is 35.5. The van der Waals surface area contributed by atoms with Crippen LogP contribution < -0.4 is 5.32 Å². The number of rotatable bonds is 3. The zero-order chi connectivity index (χ0) is 13.2. The van der Waals surface area contributed by atoms with Crippen molar-refractivity contribution in [1.29, 1.82) is 0 Å². The van der Waals surface area contributed by atoms with E-state index in [4.69, 9.17) is 11.6 Å². The van der Waals surface area contributed by atoms with Gasteiger partial charge in [0.15, 0.2) is 5.13 Å². The lowest BCUT2D eigenvalue weighted by atomic mass is 10.3. The van der Waals surface area contributed by atoms with Gasteiger partial charge in [0.1, 0.15) is 5.82 Å². The van der Waals surface area contributed by atoms with E-state index in [2.05, 4.69) is 15.4 Å². The van der Waals surface area contributed by atoms with Gasteiger partial charge < -0.3 is 5.32 Å². The Balaban J connectivity index is 2.02. The molecule has 0 atom stereocenters. The number of nitrogens with one attached hydrogen (secondary N) is 1. The zero-order valence-corrected chi connectivity index (χ0v) is 11.7. The van der Waals surface area contributed by atoms with Crippen molar-refractivity contribution >= 4 is 33.9 Å². The minimum absolute atomic E-state index is 0.686. The second-order valence-corrected chi connectivity index (χ2v) is 5.36. The number of aryl methyl sites for hydroxylation is 1. The lowest BCUT2D eigenvalue weighted by molar-refractivity contribution is 0.869. The Bertz CT molecular complexity index is 690. The third-order valence-electron chi connectivity index (χ3n) is 2.55. The summed E-state index contributed by atoms with van der Waals surface area (Å²) in [5.74, 6) is 0.870. The van der Waals surface area contributed by atoms with Crippen LogP contribution in [-0.2, 0) is 0 Å². The Morgan fingerprint density at radius 1 is 1.32 bits per heavy atom. The summed E-state index contributed by atoms with van der Waals surface area (Å²) >= 11 is 7.57. The third-order valence-corrected chi connectivity index (χ3v) is 3.48. The van der Waals surface area contributed by atoms with Crippen molar-refractivity contribution in [3.63, 3.8) is 0 Å². The van der Waals surface area contributed by atoms with Gasteiger partial charge in [-0.05, 0) is 25.1 Å². The lowest BCUT2D eigenvalue weighted by Gasteiger charge is -2.07. The fourth-order valence-corrected chi connectivity index (χ4v) is 2.51. The number of nitrogens with zero attached hydrogens (tertiary/aromatic N) is 3. The van der Waals surface area contributed by atoms with Crippen LogP contribution in [0.25, 0.3) is 5.69 Å². The first-order valence-electron chi connectivity index (χ1n) is 5.71. The largest absolute Gasteiger partial charge is 0.316 e. The van der Waals surface area contributed by atoms with Crippen LogP contribution in [0.3, 0.4) is 0 Å². The quantitative estimate of drug-likeness (QED) is 0.792. The topological polar surface area (TPSA) is 42.7 Å². The highest BCUT2D eigenvalue weighted by molar-refractivity contribution is 7.13. The fourth-order valence-electron chi connectivity index (χ4n) is 1.79. The summed E-state index contributed by atoms with van der Waals surface area (Å²) in [6.45, 7) is 1.95. The molecule has 3 rings (SSSR count). The van der Waals surface area contributed by atoms with Crippen molar-refractivity contribution in [1.82, 2.24) is 14.8 Å². The molecule has 0 saturated carbocycles. The molecule has 0 aliphatic rings. The lowest BCUT2D eigenvalue weighted by Crippen LogP contribution is -2.02. The summed E-state index contributed by atoms with van der Waals surface area (Å²) in [4.78, 5) is 4.21. The van der Waals surface area contributed by atoms with Gasteiger partial charge in [-0.3, -0.25) is 0 Å². The van der Waals surface area contributed by atoms with E-state index < -0.39 is 0 Å². The molecule has 0 amide bonds. The number of aromatic nitrogens is 3. The number of thiazole rings is 1. The van der Waals surface area contributed by atoms with Crippen LogP contribution in [-0.4, -0.2) is 14.8 Å². The highest BCUT2D eigenvalue weighted by Crippen LogP contribution is 2.24. The molecule has 2 heterocycles. The molecule has 1 N–H and O–H groups in total. The fraction of sp³-hybridized carbons (Fsp3) is 0.0769. The predicted molar refractivity (Wildman–Crippen MR) is 78.7 cm³/mol. The number of hydrogen-bond acceptors (Lipinski definition) is 4. The Kier molecular flexibility index (Phi) is 3.23. The maximum Gasteiger partial charge on any atom is 0.188 e. The minimum atomic E-state index is 0.686. The molecule has 2 aromatic heterocycles. The van der Waals surface area contributed by atoms with Gasteiger partial charge in [-0.15, -0.1) is 11.3 Å². The molecule has 0 saturated heterocycles. The monoisotopic (exact) mass is 290 g/mol. The van der Waals surface area contributed by atoms with Crippen LogP contribution in [0.4, 0.5) is 10.9 Å². The molecule has 0 spiro atoms. The van der Waals surface area contributed by atoms with Gasteiger partial charge in [0.25, 0.3) is 0 Å². The van der Waals surface area contributed by atoms with Crippen LogP contribution in [0.2, 0.25) is 5.02 Å². The molecule has 0 unspecified atom stereocenters. The molecule has 3 aromatic rings.